The van der Waals surface area contributed by atoms with Crippen molar-refractivity contribution in [1.29, 1.82) is 0 Å². The molecule has 3 N–H and O–H groups in total. The number of carbonyl (C=O) groups excluding carboxylic acids is 2. The number of carbonyl (C=O) groups is 2. The Morgan fingerprint density at radius 1 is 1.17 bits per heavy atom. The molecule has 0 aliphatic heterocycles. The first-order valence-electron chi connectivity index (χ1n) is 5.15. The summed E-state index contributed by atoms with van der Waals surface area (Å²) in [6, 6.07) is 1.79. The minimum absolute atomic E-state index is 0.187. The van der Waals surface area contributed by atoms with Gasteiger partial charge < -0.3 is 16.0 Å². The standard InChI is InChI=1S/C11H13F2N3O2/c1-14-9(17)5-16-11(18)6-3-7(12)10(15-2)8(13)4-6/h3-4,15H,5H2,1-2H3,(H,14,17)(H,16,18). The summed E-state index contributed by atoms with van der Waals surface area (Å²) in [6.07, 6.45) is 0. The van der Waals surface area contributed by atoms with Gasteiger partial charge in [-0.05, 0) is 12.1 Å². The van der Waals surface area contributed by atoms with E-state index in [4.69, 9.17) is 0 Å². The summed E-state index contributed by atoms with van der Waals surface area (Å²) in [5.74, 6) is -2.87. The maximum atomic E-state index is 13.4. The Balaban J connectivity index is 2.84. The molecule has 0 atom stereocenters. The van der Waals surface area contributed by atoms with Crippen molar-refractivity contribution >= 4 is 17.5 Å². The van der Waals surface area contributed by atoms with Crippen LogP contribution in [0.1, 0.15) is 10.4 Å². The third-order valence-corrected chi connectivity index (χ3v) is 2.24. The van der Waals surface area contributed by atoms with Crippen LogP contribution in [0.15, 0.2) is 12.1 Å². The number of halogens is 2. The van der Waals surface area contributed by atoms with E-state index in [2.05, 4.69) is 16.0 Å². The minimum atomic E-state index is -0.873. The van der Waals surface area contributed by atoms with Crippen molar-refractivity contribution < 1.29 is 18.4 Å². The Morgan fingerprint density at radius 3 is 2.17 bits per heavy atom. The van der Waals surface area contributed by atoms with Gasteiger partial charge in [0.25, 0.3) is 5.91 Å². The van der Waals surface area contributed by atoms with E-state index < -0.39 is 23.4 Å². The van der Waals surface area contributed by atoms with Crippen LogP contribution in [-0.4, -0.2) is 32.5 Å². The van der Waals surface area contributed by atoms with Crippen LogP contribution in [-0.2, 0) is 4.79 Å². The molecule has 0 aromatic heterocycles. The van der Waals surface area contributed by atoms with Crippen LogP contribution in [0.4, 0.5) is 14.5 Å². The molecule has 0 saturated carbocycles. The van der Waals surface area contributed by atoms with Crippen LogP contribution >= 0.6 is 0 Å². The lowest BCUT2D eigenvalue weighted by Gasteiger charge is -2.08. The van der Waals surface area contributed by atoms with Crippen LogP contribution in [0.3, 0.4) is 0 Å². The van der Waals surface area contributed by atoms with Gasteiger partial charge in [-0.2, -0.15) is 0 Å². The summed E-state index contributed by atoms with van der Waals surface area (Å²) in [4.78, 5) is 22.4. The first-order valence-corrected chi connectivity index (χ1v) is 5.15. The van der Waals surface area contributed by atoms with Gasteiger partial charge in [0.15, 0.2) is 0 Å². The van der Waals surface area contributed by atoms with Crippen molar-refractivity contribution in [2.24, 2.45) is 0 Å². The van der Waals surface area contributed by atoms with Gasteiger partial charge >= 0.3 is 0 Å². The Labute approximate surface area is 103 Å². The fourth-order valence-corrected chi connectivity index (χ4v) is 1.29. The fourth-order valence-electron chi connectivity index (χ4n) is 1.29. The predicted molar refractivity (Wildman–Crippen MR) is 62.3 cm³/mol. The molecule has 2 amide bonds. The van der Waals surface area contributed by atoms with Crippen molar-refractivity contribution in [1.82, 2.24) is 10.6 Å². The Bertz CT molecular complexity index is 454. The van der Waals surface area contributed by atoms with Gasteiger partial charge in [-0.3, -0.25) is 9.59 Å². The molecule has 0 heterocycles. The van der Waals surface area contributed by atoms with E-state index in [1.165, 1.54) is 14.1 Å². The van der Waals surface area contributed by atoms with Gasteiger partial charge in [0, 0.05) is 19.7 Å². The van der Waals surface area contributed by atoms with Crippen molar-refractivity contribution in [3.63, 3.8) is 0 Å². The maximum absolute atomic E-state index is 13.4. The van der Waals surface area contributed by atoms with Gasteiger partial charge in [0.2, 0.25) is 5.91 Å². The first-order chi connectivity index (χ1) is 8.49. The number of likely N-dealkylation sites (N-methyl/N-ethyl adjacent to an activating group) is 1. The molecule has 0 saturated heterocycles. The van der Waals surface area contributed by atoms with E-state index in [0.717, 1.165) is 12.1 Å². The zero-order chi connectivity index (χ0) is 13.7. The van der Waals surface area contributed by atoms with Crippen molar-refractivity contribution in [2.45, 2.75) is 0 Å². The van der Waals surface area contributed by atoms with Gasteiger partial charge in [-0.25, -0.2) is 8.78 Å². The van der Waals surface area contributed by atoms with E-state index in [1.54, 1.807) is 0 Å². The third-order valence-electron chi connectivity index (χ3n) is 2.24. The predicted octanol–water partition coefficient (Wildman–Crippen LogP) is 0.482. The summed E-state index contributed by atoms with van der Waals surface area (Å²) >= 11 is 0. The highest BCUT2D eigenvalue weighted by molar-refractivity contribution is 5.96. The molecule has 0 spiro atoms. The molecule has 0 radical (unpaired) electrons. The molecule has 0 unspecified atom stereocenters. The molecule has 7 heteroatoms. The Hall–Kier alpha value is -2.18. The number of hydrogen-bond acceptors (Lipinski definition) is 3. The average Bonchev–Trinajstić information content (AvgIpc) is 2.34. The third kappa shape index (κ3) is 3.16. The van der Waals surface area contributed by atoms with Crippen LogP contribution in [0.5, 0.6) is 0 Å². The van der Waals surface area contributed by atoms with E-state index in [9.17, 15) is 18.4 Å². The lowest BCUT2D eigenvalue weighted by Crippen LogP contribution is -2.35. The zero-order valence-electron chi connectivity index (χ0n) is 9.93. The summed E-state index contributed by atoms with van der Waals surface area (Å²) in [5, 5.41) is 6.88. The van der Waals surface area contributed by atoms with E-state index in [1.807, 2.05) is 0 Å². The van der Waals surface area contributed by atoms with Gasteiger partial charge in [0.1, 0.15) is 17.3 Å². The number of anilines is 1. The molecule has 0 aliphatic rings. The SMILES string of the molecule is CNC(=O)CNC(=O)c1cc(F)c(NC)c(F)c1. The first kappa shape index (κ1) is 13.9. The molecule has 1 rings (SSSR count). The monoisotopic (exact) mass is 257 g/mol. The lowest BCUT2D eigenvalue weighted by atomic mass is 10.1. The van der Waals surface area contributed by atoms with Crippen molar-refractivity contribution in [3.05, 3.63) is 29.3 Å². The molecular weight excluding hydrogens is 244 g/mol. The maximum Gasteiger partial charge on any atom is 0.251 e. The van der Waals surface area contributed by atoms with Crippen LogP contribution < -0.4 is 16.0 Å². The molecule has 98 valence electrons. The minimum Gasteiger partial charge on any atom is -0.383 e. The van der Waals surface area contributed by atoms with E-state index in [-0.39, 0.29) is 17.8 Å². The highest BCUT2D eigenvalue weighted by atomic mass is 19.1. The number of amides is 2. The van der Waals surface area contributed by atoms with Gasteiger partial charge in [0.05, 0.1) is 6.54 Å². The molecule has 18 heavy (non-hydrogen) atoms. The number of benzene rings is 1. The summed E-state index contributed by atoms with van der Waals surface area (Å²) in [6.45, 7) is -0.258. The number of hydrogen-bond donors (Lipinski definition) is 3. The highest BCUT2D eigenvalue weighted by Gasteiger charge is 2.14. The Kier molecular flexibility index (Phi) is 4.59. The Morgan fingerprint density at radius 2 is 1.72 bits per heavy atom. The van der Waals surface area contributed by atoms with Crippen molar-refractivity contribution in [3.8, 4) is 0 Å². The van der Waals surface area contributed by atoms with Crippen molar-refractivity contribution in [2.75, 3.05) is 26.0 Å². The largest absolute Gasteiger partial charge is 0.383 e. The second-order valence-electron chi connectivity index (χ2n) is 3.42. The summed E-state index contributed by atoms with van der Waals surface area (Å²) in [5.41, 5.74) is -0.495. The van der Waals surface area contributed by atoms with Gasteiger partial charge in [-0.15, -0.1) is 0 Å². The van der Waals surface area contributed by atoms with E-state index >= 15 is 0 Å². The average molecular weight is 257 g/mol. The zero-order valence-corrected chi connectivity index (χ0v) is 9.93. The summed E-state index contributed by atoms with van der Waals surface area (Å²) < 4.78 is 26.7. The number of nitrogens with one attached hydrogen (secondary N) is 3. The fraction of sp³-hybridized carbons (Fsp3) is 0.273. The smallest absolute Gasteiger partial charge is 0.251 e. The topological polar surface area (TPSA) is 70.2 Å². The van der Waals surface area contributed by atoms with Crippen LogP contribution in [0.25, 0.3) is 0 Å². The molecule has 0 fully saturated rings. The second kappa shape index (κ2) is 5.95. The molecule has 1 aromatic carbocycles. The highest BCUT2D eigenvalue weighted by Crippen LogP contribution is 2.19. The normalized spacial score (nSPS) is 9.78. The molecule has 0 bridgehead atoms. The van der Waals surface area contributed by atoms with E-state index in [0.29, 0.717) is 0 Å². The molecule has 5 nitrogen and oxygen atoms in total. The number of rotatable bonds is 4. The second-order valence-corrected chi connectivity index (χ2v) is 3.42. The van der Waals surface area contributed by atoms with Gasteiger partial charge in [-0.1, -0.05) is 0 Å². The lowest BCUT2D eigenvalue weighted by molar-refractivity contribution is -0.119. The molecule has 1 aromatic rings. The quantitative estimate of drug-likeness (QED) is 0.735. The van der Waals surface area contributed by atoms with Crippen LogP contribution in [0.2, 0.25) is 0 Å². The molecule has 0 aliphatic carbocycles. The summed E-state index contributed by atoms with van der Waals surface area (Å²) in [7, 11) is 2.78. The van der Waals surface area contributed by atoms with Crippen LogP contribution in [0, 0.1) is 11.6 Å². The molecular formula is C11H13F2N3O2.